The molecule has 14 heavy (non-hydrogen) atoms. The Kier molecular flexibility index (Phi) is 7.09. The lowest BCUT2D eigenvalue weighted by molar-refractivity contribution is -0.114. The van der Waals surface area contributed by atoms with E-state index >= 15 is 0 Å². The zero-order chi connectivity index (χ0) is 11.0. The van der Waals surface area contributed by atoms with E-state index in [-0.39, 0.29) is 19.7 Å². The Hall–Kier alpha value is -0.850. The van der Waals surface area contributed by atoms with Crippen LogP contribution in [0.1, 0.15) is 0 Å². The Morgan fingerprint density at radius 3 is 2.29 bits per heavy atom. The van der Waals surface area contributed by atoms with Crippen molar-refractivity contribution in [3.8, 4) is 0 Å². The molecule has 0 atom stereocenters. The molecule has 0 radical (unpaired) electrons. The Morgan fingerprint density at radius 2 is 1.93 bits per heavy atom. The van der Waals surface area contributed by atoms with Gasteiger partial charge in [0.15, 0.2) is 6.29 Å². The molecule has 0 aliphatic rings. The molecule has 0 aliphatic heterocycles. The molecule has 0 saturated carbocycles. The topological polar surface area (TPSA) is 68.2 Å². The fraction of sp³-hybridized carbons (Fsp3) is 0.875. The summed E-state index contributed by atoms with van der Waals surface area (Å²) in [6, 6.07) is 0. The van der Waals surface area contributed by atoms with Crippen LogP contribution in [0.2, 0.25) is 0 Å². The fourth-order valence-electron chi connectivity index (χ4n) is 0.932. The number of rotatable bonds is 6. The van der Waals surface area contributed by atoms with Crippen molar-refractivity contribution in [2.24, 2.45) is 0 Å². The molecule has 0 aliphatic carbocycles. The lowest BCUT2D eigenvalue weighted by atomic mass is 10.5. The number of amides is 1. The van der Waals surface area contributed by atoms with E-state index in [4.69, 9.17) is 14.6 Å². The molecule has 0 fully saturated rings. The maximum absolute atomic E-state index is 11.2. The van der Waals surface area contributed by atoms with E-state index in [1.165, 1.54) is 26.2 Å². The molecule has 6 heteroatoms. The maximum atomic E-state index is 11.2. The molecule has 0 saturated heterocycles. The van der Waals surface area contributed by atoms with Gasteiger partial charge in [0.1, 0.15) is 0 Å². The van der Waals surface area contributed by atoms with Gasteiger partial charge in [-0.3, -0.25) is 0 Å². The van der Waals surface area contributed by atoms with Gasteiger partial charge in [0, 0.05) is 20.8 Å². The predicted molar refractivity (Wildman–Crippen MR) is 48.9 cm³/mol. The number of hydrogen-bond donors (Lipinski definition) is 1. The molecule has 0 bridgehead atoms. The Morgan fingerprint density at radius 1 is 1.36 bits per heavy atom. The van der Waals surface area contributed by atoms with Crippen molar-refractivity contribution in [3.63, 3.8) is 0 Å². The molecule has 0 unspecified atom stereocenters. The van der Waals surface area contributed by atoms with Crippen LogP contribution in [0.4, 0.5) is 4.79 Å². The van der Waals surface area contributed by atoms with Gasteiger partial charge in [-0.25, -0.2) is 4.79 Å². The van der Waals surface area contributed by atoms with Gasteiger partial charge in [-0.05, 0) is 0 Å². The smallest absolute Gasteiger partial charge is 0.409 e. The third kappa shape index (κ3) is 4.40. The third-order valence-electron chi connectivity index (χ3n) is 1.70. The molecule has 0 spiro atoms. The molecular weight excluding hydrogens is 190 g/mol. The zero-order valence-electron chi connectivity index (χ0n) is 8.73. The minimum absolute atomic E-state index is 0.130. The number of carbonyl (C=O) groups excluding carboxylic acids is 1. The van der Waals surface area contributed by atoms with E-state index in [1.54, 1.807) is 0 Å². The highest BCUT2D eigenvalue weighted by atomic mass is 16.7. The van der Waals surface area contributed by atoms with Crippen molar-refractivity contribution >= 4 is 6.09 Å². The van der Waals surface area contributed by atoms with Gasteiger partial charge in [-0.2, -0.15) is 0 Å². The summed E-state index contributed by atoms with van der Waals surface area (Å²) in [5.41, 5.74) is 0. The quantitative estimate of drug-likeness (QED) is 0.604. The van der Waals surface area contributed by atoms with Gasteiger partial charge in [0.2, 0.25) is 0 Å². The molecule has 0 aromatic heterocycles. The first-order valence-corrected chi connectivity index (χ1v) is 4.18. The SMILES string of the molecule is COC(=O)N(CCO)CC(OC)OC. The summed E-state index contributed by atoms with van der Waals surface area (Å²) in [7, 11) is 4.23. The van der Waals surface area contributed by atoms with Gasteiger partial charge < -0.3 is 24.2 Å². The van der Waals surface area contributed by atoms with Crippen LogP contribution in [0.5, 0.6) is 0 Å². The van der Waals surface area contributed by atoms with Crippen molar-refractivity contribution in [2.45, 2.75) is 6.29 Å². The van der Waals surface area contributed by atoms with Crippen molar-refractivity contribution in [1.82, 2.24) is 4.90 Å². The molecule has 6 nitrogen and oxygen atoms in total. The Labute approximate surface area is 83.4 Å². The second-order valence-corrected chi connectivity index (χ2v) is 2.54. The summed E-state index contributed by atoms with van der Waals surface area (Å²) in [5, 5.41) is 8.71. The average molecular weight is 207 g/mol. The molecule has 0 aromatic carbocycles. The molecule has 0 rings (SSSR count). The lowest BCUT2D eigenvalue weighted by Gasteiger charge is -2.24. The predicted octanol–water partition coefficient (Wildman–Crippen LogP) is -0.334. The monoisotopic (exact) mass is 207 g/mol. The van der Waals surface area contributed by atoms with Crippen LogP contribution in [0.25, 0.3) is 0 Å². The summed E-state index contributed by atoms with van der Waals surface area (Å²) in [6.07, 6.45) is -1.03. The number of hydrogen-bond acceptors (Lipinski definition) is 5. The van der Waals surface area contributed by atoms with Gasteiger partial charge in [-0.15, -0.1) is 0 Å². The van der Waals surface area contributed by atoms with E-state index in [0.29, 0.717) is 0 Å². The third-order valence-corrected chi connectivity index (χ3v) is 1.70. The first kappa shape index (κ1) is 13.2. The second kappa shape index (κ2) is 7.54. The van der Waals surface area contributed by atoms with E-state index in [1.807, 2.05) is 0 Å². The number of aliphatic hydroxyl groups is 1. The molecule has 0 heterocycles. The molecular formula is C8H17NO5. The van der Waals surface area contributed by atoms with E-state index in [2.05, 4.69) is 4.74 Å². The molecule has 1 N–H and O–H groups in total. The Balaban J connectivity index is 4.12. The molecule has 84 valence electrons. The number of aliphatic hydroxyl groups excluding tert-OH is 1. The van der Waals surface area contributed by atoms with E-state index in [0.717, 1.165) is 0 Å². The van der Waals surface area contributed by atoms with Gasteiger partial charge in [0.25, 0.3) is 0 Å². The average Bonchev–Trinajstić information content (AvgIpc) is 2.23. The van der Waals surface area contributed by atoms with Crippen LogP contribution in [-0.4, -0.2) is 63.4 Å². The van der Waals surface area contributed by atoms with Gasteiger partial charge in [0.05, 0.1) is 20.3 Å². The van der Waals surface area contributed by atoms with E-state index in [9.17, 15) is 4.79 Å². The van der Waals surface area contributed by atoms with Gasteiger partial charge in [-0.1, -0.05) is 0 Å². The van der Waals surface area contributed by atoms with Crippen molar-refractivity contribution in [2.75, 3.05) is 41.0 Å². The van der Waals surface area contributed by atoms with E-state index < -0.39 is 12.4 Å². The molecule has 1 amide bonds. The van der Waals surface area contributed by atoms with Crippen molar-refractivity contribution in [3.05, 3.63) is 0 Å². The fourth-order valence-corrected chi connectivity index (χ4v) is 0.932. The first-order valence-electron chi connectivity index (χ1n) is 4.18. The van der Waals surface area contributed by atoms with Crippen molar-refractivity contribution in [1.29, 1.82) is 0 Å². The number of carbonyl (C=O) groups is 1. The van der Waals surface area contributed by atoms with Gasteiger partial charge >= 0.3 is 6.09 Å². The standard InChI is InChI=1S/C8H17NO5/c1-12-7(13-2)6-9(4-5-10)8(11)14-3/h7,10H,4-6H2,1-3H3. The highest BCUT2D eigenvalue weighted by molar-refractivity contribution is 5.67. The lowest BCUT2D eigenvalue weighted by Crippen LogP contribution is -2.40. The minimum atomic E-state index is -0.516. The zero-order valence-corrected chi connectivity index (χ0v) is 8.73. The second-order valence-electron chi connectivity index (χ2n) is 2.54. The summed E-state index contributed by atoms with van der Waals surface area (Å²) < 4.78 is 14.4. The first-order chi connectivity index (χ1) is 6.69. The number of ether oxygens (including phenoxy) is 3. The van der Waals surface area contributed by atoms with Crippen LogP contribution in [0, 0.1) is 0 Å². The van der Waals surface area contributed by atoms with Crippen LogP contribution in [0.3, 0.4) is 0 Å². The minimum Gasteiger partial charge on any atom is -0.453 e. The summed E-state index contributed by atoms with van der Waals surface area (Å²) in [4.78, 5) is 12.5. The van der Waals surface area contributed by atoms with Crippen LogP contribution in [-0.2, 0) is 14.2 Å². The van der Waals surface area contributed by atoms with Crippen LogP contribution >= 0.6 is 0 Å². The van der Waals surface area contributed by atoms with Crippen LogP contribution < -0.4 is 0 Å². The normalized spacial score (nSPS) is 10.4. The van der Waals surface area contributed by atoms with Crippen molar-refractivity contribution < 1.29 is 24.1 Å². The largest absolute Gasteiger partial charge is 0.453 e. The summed E-state index contributed by atoms with van der Waals surface area (Å²) in [6.45, 7) is 0.283. The summed E-state index contributed by atoms with van der Waals surface area (Å²) in [5.74, 6) is 0. The highest BCUT2D eigenvalue weighted by Gasteiger charge is 2.18. The molecule has 0 aromatic rings. The Bertz CT molecular complexity index is 160. The highest BCUT2D eigenvalue weighted by Crippen LogP contribution is 1.99. The number of methoxy groups -OCH3 is 3. The number of nitrogens with zero attached hydrogens (tertiary/aromatic N) is 1. The van der Waals surface area contributed by atoms with Crippen LogP contribution in [0.15, 0.2) is 0 Å². The maximum Gasteiger partial charge on any atom is 0.409 e. The summed E-state index contributed by atoms with van der Waals surface area (Å²) >= 11 is 0.